The number of anilines is 1. The Morgan fingerprint density at radius 1 is 1.31 bits per heavy atom. The summed E-state index contributed by atoms with van der Waals surface area (Å²) < 4.78 is 35.7. The number of nitriles is 1. The number of pyridine rings is 2. The SMILES string of the molecule is Cc1nc2nonc2c(N)c1Cc1ccc(C#N)c(OCC(C)(F)F)n1. The van der Waals surface area contributed by atoms with Gasteiger partial charge in [-0.1, -0.05) is 0 Å². The molecule has 134 valence electrons. The van der Waals surface area contributed by atoms with Crippen LogP contribution in [-0.2, 0) is 6.42 Å². The van der Waals surface area contributed by atoms with Gasteiger partial charge in [-0.05, 0) is 29.4 Å². The Morgan fingerprint density at radius 2 is 2.08 bits per heavy atom. The third-order valence-electron chi connectivity index (χ3n) is 3.62. The molecule has 2 N–H and O–H groups in total. The number of halogens is 2. The van der Waals surface area contributed by atoms with Crippen LogP contribution in [0.3, 0.4) is 0 Å². The van der Waals surface area contributed by atoms with Crippen molar-refractivity contribution < 1.29 is 18.1 Å². The van der Waals surface area contributed by atoms with Crippen molar-refractivity contribution in [2.24, 2.45) is 0 Å². The van der Waals surface area contributed by atoms with Gasteiger partial charge in [-0.3, -0.25) is 0 Å². The van der Waals surface area contributed by atoms with E-state index < -0.39 is 12.5 Å². The number of aromatic nitrogens is 4. The van der Waals surface area contributed by atoms with E-state index in [1.807, 2.05) is 6.07 Å². The van der Waals surface area contributed by atoms with Crippen LogP contribution in [0.5, 0.6) is 5.88 Å². The molecule has 0 spiro atoms. The minimum atomic E-state index is -3.04. The van der Waals surface area contributed by atoms with Crippen LogP contribution in [0.4, 0.5) is 14.5 Å². The molecule has 0 bridgehead atoms. The van der Waals surface area contributed by atoms with Crippen LogP contribution in [0.15, 0.2) is 16.8 Å². The number of hydrogen-bond acceptors (Lipinski definition) is 8. The highest BCUT2D eigenvalue weighted by Gasteiger charge is 2.23. The van der Waals surface area contributed by atoms with E-state index in [0.29, 0.717) is 33.8 Å². The summed E-state index contributed by atoms with van der Waals surface area (Å²) in [5.41, 5.74) is 8.89. The molecule has 3 heterocycles. The minimum absolute atomic E-state index is 0.0666. The van der Waals surface area contributed by atoms with E-state index in [2.05, 4.69) is 24.9 Å². The molecule has 0 saturated heterocycles. The Hall–Kier alpha value is -3.35. The van der Waals surface area contributed by atoms with Gasteiger partial charge in [0.05, 0.1) is 5.69 Å². The molecule has 0 aliphatic carbocycles. The largest absolute Gasteiger partial charge is 0.470 e. The molecule has 3 aromatic heterocycles. The molecule has 8 nitrogen and oxygen atoms in total. The lowest BCUT2D eigenvalue weighted by Gasteiger charge is -2.13. The lowest BCUT2D eigenvalue weighted by molar-refractivity contribution is -0.0243. The summed E-state index contributed by atoms with van der Waals surface area (Å²) in [5, 5.41) is 16.5. The van der Waals surface area contributed by atoms with E-state index in [1.165, 1.54) is 6.07 Å². The molecule has 3 rings (SSSR count). The predicted molar refractivity (Wildman–Crippen MR) is 86.6 cm³/mol. The number of nitrogens with two attached hydrogens (primary N) is 1. The maximum absolute atomic E-state index is 13.0. The van der Waals surface area contributed by atoms with Gasteiger partial charge in [0.15, 0.2) is 12.1 Å². The molecule has 0 atom stereocenters. The molecule has 0 saturated carbocycles. The number of aryl methyl sites for hydroxylation is 1. The van der Waals surface area contributed by atoms with Crippen molar-refractivity contribution in [1.29, 1.82) is 5.26 Å². The molecular weight excluding hydrogens is 346 g/mol. The highest BCUT2D eigenvalue weighted by Crippen LogP contribution is 2.26. The smallest absolute Gasteiger partial charge is 0.278 e. The number of hydrogen-bond donors (Lipinski definition) is 1. The Balaban J connectivity index is 1.94. The quantitative estimate of drug-likeness (QED) is 0.735. The van der Waals surface area contributed by atoms with Gasteiger partial charge >= 0.3 is 0 Å². The highest BCUT2D eigenvalue weighted by molar-refractivity contribution is 5.85. The number of ether oxygens (including phenoxy) is 1. The Kier molecular flexibility index (Phi) is 4.38. The summed E-state index contributed by atoms with van der Waals surface area (Å²) in [6, 6.07) is 4.92. The summed E-state index contributed by atoms with van der Waals surface area (Å²) >= 11 is 0. The van der Waals surface area contributed by atoms with Gasteiger partial charge in [0.2, 0.25) is 11.5 Å². The predicted octanol–water partition coefficient (Wildman–Crippen LogP) is 2.40. The molecule has 0 amide bonds. The zero-order valence-corrected chi connectivity index (χ0v) is 14.0. The zero-order valence-electron chi connectivity index (χ0n) is 14.0. The van der Waals surface area contributed by atoms with Gasteiger partial charge in [-0.2, -0.15) is 5.26 Å². The van der Waals surface area contributed by atoms with Crippen LogP contribution in [0.25, 0.3) is 11.2 Å². The van der Waals surface area contributed by atoms with Crippen molar-refractivity contribution in [3.8, 4) is 11.9 Å². The third kappa shape index (κ3) is 3.51. The first-order valence-electron chi connectivity index (χ1n) is 7.56. The van der Waals surface area contributed by atoms with Crippen molar-refractivity contribution in [2.45, 2.75) is 26.2 Å². The fraction of sp³-hybridized carbons (Fsp3) is 0.312. The van der Waals surface area contributed by atoms with E-state index in [-0.39, 0.29) is 17.9 Å². The second-order valence-electron chi connectivity index (χ2n) is 5.83. The van der Waals surface area contributed by atoms with Crippen LogP contribution >= 0.6 is 0 Å². The van der Waals surface area contributed by atoms with Gasteiger partial charge in [0.25, 0.3) is 5.92 Å². The Labute approximate surface area is 146 Å². The van der Waals surface area contributed by atoms with Crippen molar-refractivity contribution in [1.82, 2.24) is 20.3 Å². The van der Waals surface area contributed by atoms with Crippen LogP contribution < -0.4 is 10.5 Å². The molecule has 3 aromatic rings. The number of nitrogens with zero attached hydrogens (tertiary/aromatic N) is 5. The fourth-order valence-corrected chi connectivity index (χ4v) is 2.36. The summed E-state index contributed by atoms with van der Waals surface area (Å²) in [4.78, 5) is 8.43. The average molecular weight is 360 g/mol. The third-order valence-corrected chi connectivity index (χ3v) is 3.62. The molecule has 26 heavy (non-hydrogen) atoms. The number of rotatable bonds is 5. The van der Waals surface area contributed by atoms with Gasteiger partial charge in [-0.25, -0.2) is 23.4 Å². The summed E-state index contributed by atoms with van der Waals surface area (Å²) in [5.74, 6) is -3.19. The van der Waals surface area contributed by atoms with Gasteiger partial charge in [0.1, 0.15) is 11.6 Å². The maximum atomic E-state index is 13.0. The Bertz CT molecular complexity index is 1010. The molecule has 0 aliphatic heterocycles. The Morgan fingerprint density at radius 3 is 2.77 bits per heavy atom. The molecular formula is C16H14F2N6O2. The van der Waals surface area contributed by atoms with Crippen LogP contribution in [0.1, 0.15) is 29.4 Å². The van der Waals surface area contributed by atoms with E-state index >= 15 is 0 Å². The number of alkyl halides is 2. The molecule has 0 unspecified atom stereocenters. The van der Waals surface area contributed by atoms with Gasteiger partial charge < -0.3 is 10.5 Å². The molecule has 0 radical (unpaired) electrons. The summed E-state index contributed by atoms with van der Waals surface area (Å²) in [6.45, 7) is 1.59. The molecule has 0 aliphatic rings. The zero-order chi connectivity index (χ0) is 18.9. The average Bonchev–Trinajstić information content (AvgIpc) is 3.04. The van der Waals surface area contributed by atoms with E-state index in [1.54, 1.807) is 13.0 Å². The lowest BCUT2D eigenvalue weighted by Crippen LogP contribution is -2.21. The van der Waals surface area contributed by atoms with E-state index in [9.17, 15) is 8.78 Å². The van der Waals surface area contributed by atoms with Crippen LogP contribution in [0.2, 0.25) is 0 Å². The van der Waals surface area contributed by atoms with Crippen molar-refractivity contribution in [3.63, 3.8) is 0 Å². The van der Waals surface area contributed by atoms with E-state index in [4.69, 9.17) is 15.7 Å². The second-order valence-corrected chi connectivity index (χ2v) is 5.83. The molecule has 0 fully saturated rings. The van der Waals surface area contributed by atoms with Crippen molar-refractivity contribution in [3.05, 3.63) is 34.6 Å². The first-order chi connectivity index (χ1) is 12.3. The second kappa shape index (κ2) is 6.51. The lowest BCUT2D eigenvalue weighted by atomic mass is 10.0. The van der Waals surface area contributed by atoms with Gasteiger partial charge in [0, 0.05) is 30.3 Å². The van der Waals surface area contributed by atoms with Crippen molar-refractivity contribution in [2.75, 3.05) is 12.3 Å². The minimum Gasteiger partial charge on any atom is -0.470 e. The van der Waals surface area contributed by atoms with Crippen LogP contribution in [0, 0.1) is 18.3 Å². The standard InChI is InChI=1S/C16H14F2N6O2/c1-8-11(12(20)13-14(21-8)24-26-23-13)5-10-4-3-9(6-19)15(22-10)25-7-16(2,17)18/h3-4H,5,7,20H2,1-2H3. The first kappa shape index (κ1) is 17.5. The summed E-state index contributed by atoms with van der Waals surface area (Å²) in [6.07, 6.45) is 0.248. The maximum Gasteiger partial charge on any atom is 0.278 e. The number of fused-ring (bicyclic) bond motifs is 1. The molecule has 10 heteroatoms. The summed E-state index contributed by atoms with van der Waals surface area (Å²) in [7, 11) is 0. The normalized spacial score (nSPS) is 11.5. The number of nitrogen functional groups attached to an aromatic ring is 1. The topological polar surface area (TPSA) is 124 Å². The van der Waals surface area contributed by atoms with Crippen molar-refractivity contribution >= 4 is 16.9 Å². The highest BCUT2D eigenvalue weighted by atomic mass is 19.3. The van der Waals surface area contributed by atoms with Gasteiger partial charge in [-0.15, -0.1) is 0 Å². The van der Waals surface area contributed by atoms with E-state index in [0.717, 1.165) is 6.92 Å². The monoisotopic (exact) mass is 360 g/mol. The first-order valence-corrected chi connectivity index (χ1v) is 7.56. The fourth-order valence-electron chi connectivity index (χ4n) is 2.36. The molecule has 0 aromatic carbocycles. The van der Waals surface area contributed by atoms with Crippen LogP contribution in [-0.4, -0.2) is 32.8 Å².